The molecule has 0 spiro atoms. The van der Waals surface area contributed by atoms with Crippen molar-refractivity contribution in [3.8, 4) is 0 Å². The van der Waals surface area contributed by atoms with E-state index >= 15 is 0 Å². The average Bonchev–Trinajstić information content (AvgIpc) is 2.34. The van der Waals surface area contributed by atoms with Crippen molar-refractivity contribution in [3.05, 3.63) is 34.3 Å². The Balaban J connectivity index is 2.56. The Bertz CT molecular complexity index is 446. The molecule has 1 rings (SSSR count). The number of carboxylic acid groups (broad SMARTS) is 2. The van der Waals surface area contributed by atoms with Crippen molar-refractivity contribution < 1.29 is 19.8 Å². The maximum Gasteiger partial charge on any atom is 0.321 e. The van der Waals surface area contributed by atoms with Crippen LogP contribution in [0, 0.1) is 0 Å². The molecule has 2 N–H and O–H groups in total. The number of aliphatic carboxylic acids is 2. The summed E-state index contributed by atoms with van der Waals surface area (Å²) in [6, 6.07) is 6.74. The van der Waals surface area contributed by atoms with Gasteiger partial charge in [-0.25, -0.2) is 0 Å². The SMILES string of the molecule is CN(CCc1ccc(Br)cc1)C(CC(=O)O)C(=O)O. The Kier molecular flexibility index (Phi) is 5.98. The number of hydrogen-bond acceptors (Lipinski definition) is 3. The number of hydrogen-bond donors (Lipinski definition) is 2. The van der Waals surface area contributed by atoms with Crippen LogP contribution in [0.25, 0.3) is 0 Å². The summed E-state index contributed by atoms with van der Waals surface area (Å²) in [7, 11) is 1.63. The summed E-state index contributed by atoms with van der Waals surface area (Å²) >= 11 is 3.34. The summed E-state index contributed by atoms with van der Waals surface area (Å²) in [5, 5.41) is 17.7. The molecule has 0 aliphatic rings. The smallest absolute Gasteiger partial charge is 0.321 e. The molecule has 1 atom stereocenters. The Labute approximate surface area is 120 Å². The largest absolute Gasteiger partial charge is 0.481 e. The first-order valence-corrected chi connectivity index (χ1v) is 6.58. The molecule has 0 saturated carbocycles. The van der Waals surface area contributed by atoms with E-state index in [0.717, 1.165) is 10.0 Å². The molecule has 104 valence electrons. The van der Waals surface area contributed by atoms with E-state index in [1.807, 2.05) is 24.3 Å². The highest BCUT2D eigenvalue weighted by molar-refractivity contribution is 9.10. The Morgan fingerprint density at radius 2 is 1.84 bits per heavy atom. The molecule has 0 aliphatic carbocycles. The fraction of sp³-hybridized carbons (Fsp3) is 0.385. The second kappa shape index (κ2) is 7.25. The van der Waals surface area contributed by atoms with Crippen LogP contribution >= 0.6 is 15.9 Å². The second-order valence-electron chi connectivity index (χ2n) is 4.31. The first-order chi connectivity index (χ1) is 8.90. The Morgan fingerprint density at radius 1 is 1.26 bits per heavy atom. The summed E-state index contributed by atoms with van der Waals surface area (Å²) in [5.74, 6) is -2.22. The van der Waals surface area contributed by atoms with Gasteiger partial charge < -0.3 is 10.2 Å². The van der Waals surface area contributed by atoms with Gasteiger partial charge in [-0.1, -0.05) is 28.1 Å². The molecule has 1 aromatic rings. The molecule has 0 bridgehead atoms. The maximum atomic E-state index is 11.0. The van der Waals surface area contributed by atoms with E-state index in [4.69, 9.17) is 10.2 Å². The summed E-state index contributed by atoms with van der Waals surface area (Å²) in [5.41, 5.74) is 1.08. The molecule has 0 amide bonds. The number of nitrogens with zero attached hydrogens (tertiary/aromatic N) is 1. The lowest BCUT2D eigenvalue weighted by Gasteiger charge is -2.23. The zero-order valence-corrected chi connectivity index (χ0v) is 12.1. The van der Waals surface area contributed by atoms with Gasteiger partial charge >= 0.3 is 11.9 Å². The Morgan fingerprint density at radius 3 is 2.32 bits per heavy atom. The minimum atomic E-state index is -1.11. The van der Waals surface area contributed by atoms with E-state index in [2.05, 4.69) is 15.9 Å². The lowest BCUT2D eigenvalue weighted by Crippen LogP contribution is -2.41. The molecule has 0 saturated heterocycles. The van der Waals surface area contributed by atoms with Gasteiger partial charge in [-0.05, 0) is 31.2 Å². The zero-order valence-electron chi connectivity index (χ0n) is 10.5. The number of halogens is 1. The van der Waals surface area contributed by atoms with Crippen molar-refractivity contribution in [2.24, 2.45) is 0 Å². The standard InChI is InChI=1S/C13H16BrNO4/c1-15(11(13(18)19)8-12(16)17)7-6-9-2-4-10(14)5-3-9/h2-5,11H,6-8H2,1H3,(H,16,17)(H,18,19). The minimum Gasteiger partial charge on any atom is -0.481 e. The number of carbonyl (C=O) groups is 2. The van der Waals surface area contributed by atoms with E-state index in [9.17, 15) is 9.59 Å². The quantitative estimate of drug-likeness (QED) is 0.798. The van der Waals surface area contributed by atoms with Gasteiger partial charge in [0, 0.05) is 11.0 Å². The highest BCUT2D eigenvalue weighted by Gasteiger charge is 2.25. The van der Waals surface area contributed by atoms with Crippen LogP contribution in [0.15, 0.2) is 28.7 Å². The van der Waals surface area contributed by atoms with E-state index in [1.165, 1.54) is 0 Å². The monoisotopic (exact) mass is 329 g/mol. The summed E-state index contributed by atoms with van der Waals surface area (Å²) in [6.45, 7) is 0.492. The van der Waals surface area contributed by atoms with Gasteiger partial charge in [-0.2, -0.15) is 0 Å². The molecular formula is C13H16BrNO4. The van der Waals surface area contributed by atoms with Crippen LogP contribution in [0.2, 0.25) is 0 Å². The third kappa shape index (κ3) is 5.40. The lowest BCUT2D eigenvalue weighted by atomic mass is 10.1. The zero-order chi connectivity index (χ0) is 14.4. The molecule has 0 fully saturated rings. The van der Waals surface area contributed by atoms with Crippen molar-refractivity contribution >= 4 is 27.9 Å². The van der Waals surface area contributed by atoms with Gasteiger partial charge in [0.1, 0.15) is 6.04 Å². The van der Waals surface area contributed by atoms with Gasteiger partial charge in [-0.3, -0.25) is 14.5 Å². The van der Waals surface area contributed by atoms with Gasteiger partial charge in [-0.15, -0.1) is 0 Å². The predicted octanol–water partition coefficient (Wildman–Crippen LogP) is 1.85. The average molecular weight is 330 g/mol. The Hall–Kier alpha value is -1.40. The molecule has 0 aromatic heterocycles. The maximum absolute atomic E-state index is 11.0. The van der Waals surface area contributed by atoms with Gasteiger partial charge in [0.15, 0.2) is 0 Å². The minimum absolute atomic E-state index is 0.397. The van der Waals surface area contributed by atoms with Crippen molar-refractivity contribution in [3.63, 3.8) is 0 Å². The lowest BCUT2D eigenvalue weighted by molar-refractivity contribution is -0.149. The van der Waals surface area contributed by atoms with Crippen molar-refractivity contribution in [2.75, 3.05) is 13.6 Å². The summed E-state index contributed by atoms with van der Waals surface area (Å²) in [6.07, 6.45) is 0.277. The van der Waals surface area contributed by atoms with Crippen LogP contribution in [0.3, 0.4) is 0 Å². The topological polar surface area (TPSA) is 77.8 Å². The van der Waals surface area contributed by atoms with Crippen LogP contribution in [0.5, 0.6) is 0 Å². The van der Waals surface area contributed by atoms with Crippen molar-refractivity contribution in [2.45, 2.75) is 18.9 Å². The van der Waals surface area contributed by atoms with E-state index in [1.54, 1.807) is 11.9 Å². The van der Waals surface area contributed by atoms with Crippen LogP contribution < -0.4 is 0 Å². The normalized spacial score (nSPS) is 12.4. The van der Waals surface area contributed by atoms with E-state index in [-0.39, 0.29) is 0 Å². The van der Waals surface area contributed by atoms with Crippen LogP contribution in [-0.4, -0.2) is 46.7 Å². The van der Waals surface area contributed by atoms with Crippen LogP contribution in [0.1, 0.15) is 12.0 Å². The third-order valence-electron chi connectivity index (χ3n) is 2.85. The molecule has 1 unspecified atom stereocenters. The third-order valence-corrected chi connectivity index (χ3v) is 3.38. The number of benzene rings is 1. The van der Waals surface area contributed by atoms with Crippen LogP contribution in [-0.2, 0) is 16.0 Å². The van der Waals surface area contributed by atoms with Crippen molar-refractivity contribution in [1.82, 2.24) is 4.90 Å². The summed E-state index contributed by atoms with van der Waals surface area (Å²) < 4.78 is 0.985. The number of rotatable bonds is 7. The predicted molar refractivity (Wildman–Crippen MR) is 74.2 cm³/mol. The fourth-order valence-electron chi connectivity index (χ4n) is 1.71. The molecule has 0 radical (unpaired) electrons. The second-order valence-corrected chi connectivity index (χ2v) is 5.22. The van der Waals surface area contributed by atoms with Crippen molar-refractivity contribution in [1.29, 1.82) is 0 Å². The first kappa shape index (κ1) is 15.7. The van der Waals surface area contributed by atoms with Crippen LogP contribution in [0.4, 0.5) is 0 Å². The molecular weight excluding hydrogens is 314 g/mol. The molecule has 1 aromatic carbocycles. The van der Waals surface area contributed by atoms with Gasteiger partial charge in [0.2, 0.25) is 0 Å². The highest BCUT2D eigenvalue weighted by Crippen LogP contribution is 2.12. The first-order valence-electron chi connectivity index (χ1n) is 5.79. The molecule has 19 heavy (non-hydrogen) atoms. The summed E-state index contributed by atoms with van der Waals surface area (Å²) in [4.78, 5) is 23.2. The number of carboxylic acids is 2. The molecule has 5 nitrogen and oxygen atoms in total. The van der Waals surface area contributed by atoms with Gasteiger partial charge in [0.25, 0.3) is 0 Å². The van der Waals surface area contributed by atoms with Gasteiger partial charge in [0.05, 0.1) is 6.42 Å². The molecule has 0 heterocycles. The fourth-order valence-corrected chi connectivity index (χ4v) is 1.97. The molecule has 0 aliphatic heterocycles. The van der Waals surface area contributed by atoms with E-state index < -0.39 is 24.4 Å². The molecule has 6 heteroatoms. The number of likely N-dealkylation sites (N-methyl/N-ethyl adjacent to an activating group) is 1. The highest BCUT2D eigenvalue weighted by atomic mass is 79.9. The van der Waals surface area contributed by atoms with E-state index in [0.29, 0.717) is 13.0 Å².